The molecule has 5 N–H and O–H groups in total. The number of hydrogen-bond acceptors (Lipinski definition) is 7. The molecule has 3 aromatic rings. The number of fused-ring (bicyclic) bond motifs is 1. The van der Waals surface area contributed by atoms with Crippen molar-refractivity contribution in [2.45, 2.75) is 38.1 Å². The van der Waals surface area contributed by atoms with E-state index in [1.54, 1.807) is 10.9 Å². The second-order valence-electron chi connectivity index (χ2n) is 7.33. The number of rotatable bonds is 5. The maximum Gasteiger partial charge on any atom is 0.273 e. The molecule has 1 saturated carbocycles. The number of primary amides is 1. The van der Waals surface area contributed by atoms with Gasteiger partial charge >= 0.3 is 0 Å². The Morgan fingerprint density at radius 1 is 1.29 bits per heavy atom. The predicted octanol–water partition coefficient (Wildman–Crippen LogP) is 1.66. The van der Waals surface area contributed by atoms with Crippen LogP contribution < -0.4 is 16.8 Å². The molecule has 4 rings (SSSR count). The minimum Gasteiger partial charge on any atom is -0.364 e. The summed E-state index contributed by atoms with van der Waals surface area (Å²) in [5.41, 5.74) is 13.5. The first-order valence-electron chi connectivity index (χ1n) is 9.49. The number of aromatic nitrogens is 5. The number of aryl methyl sites for hydroxylation is 1. The van der Waals surface area contributed by atoms with Gasteiger partial charge in [-0.2, -0.15) is 5.10 Å². The van der Waals surface area contributed by atoms with E-state index >= 15 is 0 Å². The summed E-state index contributed by atoms with van der Waals surface area (Å²) < 4.78 is 1.78. The zero-order valence-corrected chi connectivity index (χ0v) is 15.8. The maximum atomic E-state index is 11.8. The van der Waals surface area contributed by atoms with E-state index in [9.17, 15) is 4.79 Å². The quantitative estimate of drug-likeness (QED) is 0.612. The second-order valence-corrected chi connectivity index (χ2v) is 7.33. The van der Waals surface area contributed by atoms with Crippen molar-refractivity contribution in [3.05, 3.63) is 35.9 Å². The van der Waals surface area contributed by atoms with E-state index in [-0.39, 0.29) is 11.7 Å². The molecule has 9 nitrogen and oxygen atoms in total. The van der Waals surface area contributed by atoms with E-state index in [4.69, 9.17) is 11.5 Å². The molecule has 1 aliphatic rings. The minimum absolute atomic E-state index is 0.0117. The SMILES string of the molecule is Cn1ncc2c(Nc3nc(C[C@@H]4CCCC[C@@H]4N)nnc3C(N)=O)cccc21. The van der Waals surface area contributed by atoms with Crippen LogP contribution >= 0.6 is 0 Å². The molecule has 0 radical (unpaired) electrons. The Kier molecular flexibility index (Phi) is 4.91. The number of anilines is 2. The Hall–Kier alpha value is -3.07. The van der Waals surface area contributed by atoms with E-state index in [0.717, 1.165) is 29.4 Å². The van der Waals surface area contributed by atoms with Crippen molar-refractivity contribution in [3.8, 4) is 0 Å². The van der Waals surface area contributed by atoms with Crippen LogP contribution in [0.5, 0.6) is 0 Å². The number of amides is 1. The van der Waals surface area contributed by atoms with Crippen molar-refractivity contribution < 1.29 is 4.79 Å². The van der Waals surface area contributed by atoms with Gasteiger partial charge in [0.05, 0.1) is 17.4 Å². The van der Waals surface area contributed by atoms with Gasteiger partial charge in [-0.3, -0.25) is 9.48 Å². The molecule has 1 aromatic carbocycles. The summed E-state index contributed by atoms with van der Waals surface area (Å²) in [6.45, 7) is 0. The van der Waals surface area contributed by atoms with Gasteiger partial charge in [-0.05, 0) is 30.9 Å². The average molecular weight is 380 g/mol. The van der Waals surface area contributed by atoms with Crippen LogP contribution in [0.2, 0.25) is 0 Å². The lowest BCUT2D eigenvalue weighted by Crippen LogP contribution is -2.34. The molecule has 0 spiro atoms. The standard InChI is InChI=1S/C19H24N8O/c1-27-15-8-4-7-14(12(15)10-22-27)23-19-17(18(21)28)26-25-16(24-19)9-11-5-2-3-6-13(11)20/h4,7-8,10-11,13H,2-3,5-6,9,20H2,1H3,(H2,21,28)(H,23,24,25)/t11-,13-/m0/s1. The van der Waals surface area contributed by atoms with Crippen LogP contribution in [0.1, 0.15) is 42.0 Å². The van der Waals surface area contributed by atoms with E-state index in [0.29, 0.717) is 24.0 Å². The van der Waals surface area contributed by atoms with Crippen molar-refractivity contribution in [2.75, 3.05) is 5.32 Å². The lowest BCUT2D eigenvalue weighted by Gasteiger charge is -2.27. The average Bonchev–Trinajstić information content (AvgIpc) is 3.06. The van der Waals surface area contributed by atoms with Crippen molar-refractivity contribution in [3.63, 3.8) is 0 Å². The highest BCUT2D eigenvalue weighted by atomic mass is 16.1. The molecule has 28 heavy (non-hydrogen) atoms. The highest BCUT2D eigenvalue weighted by Crippen LogP contribution is 2.28. The molecular formula is C19H24N8O. The molecule has 0 bridgehead atoms. The molecule has 9 heteroatoms. The van der Waals surface area contributed by atoms with Gasteiger partial charge in [0.15, 0.2) is 17.3 Å². The number of carbonyl (C=O) groups is 1. The number of nitrogens with two attached hydrogens (primary N) is 2. The molecule has 1 aliphatic carbocycles. The summed E-state index contributed by atoms with van der Waals surface area (Å²) in [4.78, 5) is 16.4. The molecule has 0 aliphatic heterocycles. The van der Waals surface area contributed by atoms with Gasteiger partial charge in [-0.25, -0.2) is 4.98 Å². The number of hydrogen-bond donors (Lipinski definition) is 3. The fourth-order valence-corrected chi connectivity index (χ4v) is 3.84. The summed E-state index contributed by atoms with van der Waals surface area (Å²) in [5, 5.41) is 16.6. The first-order chi connectivity index (χ1) is 13.5. The highest BCUT2D eigenvalue weighted by molar-refractivity contribution is 5.98. The lowest BCUT2D eigenvalue weighted by atomic mass is 9.83. The van der Waals surface area contributed by atoms with E-state index in [1.807, 2.05) is 25.2 Å². The molecule has 0 unspecified atom stereocenters. The Morgan fingerprint density at radius 3 is 2.89 bits per heavy atom. The van der Waals surface area contributed by atoms with Gasteiger partial charge in [-0.1, -0.05) is 18.9 Å². The smallest absolute Gasteiger partial charge is 0.273 e. The molecule has 2 heterocycles. The van der Waals surface area contributed by atoms with Crippen molar-refractivity contribution >= 4 is 28.3 Å². The predicted molar refractivity (Wildman–Crippen MR) is 106 cm³/mol. The van der Waals surface area contributed by atoms with Crippen LogP contribution in [0.15, 0.2) is 24.4 Å². The molecular weight excluding hydrogens is 356 g/mol. The highest BCUT2D eigenvalue weighted by Gasteiger charge is 2.24. The summed E-state index contributed by atoms with van der Waals surface area (Å²) >= 11 is 0. The topological polar surface area (TPSA) is 138 Å². The summed E-state index contributed by atoms with van der Waals surface area (Å²) in [6, 6.07) is 5.92. The van der Waals surface area contributed by atoms with Gasteiger partial charge in [0.1, 0.15) is 0 Å². The van der Waals surface area contributed by atoms with Crippen LogP contribution in [-0.2, 0) is 13.5 Å². The van der Waals surface area contributed by atoms with Crippen molar-refractivity contribution in [1.82, 2.24) is 25.0 Å². The van der Waals surface area contributed by atoms with Crippen molar-refractivity contribution in [2.24, 2.45) is 24.4 Å². The molecule has 2 atom stereocenters. The zero-order valence-electron chi connectivity index (χ0n) is 15.8. The first kappa shape index (κ1) is 18.3. The lowest BCUT2D eigenvalue weighted by molar-refractivity contribution is 0.0995. The third-order valence-electron chi connectivity index (χ3n) is 5.42. The largest absolute Gasteiger partial charge is 0.364 e. The maximum absolute atomic E-state index is 11.8. The van der Waals surface area contributed by atoms with Crippen LogP contribution in [0.4, 0.5) is 11.5 Å². The summed E-state index contributed by atoms with van der Waals surface area (Å²) in [6.07, 6.45) is 6.81. The number of benzene rings is 1. The molecule has 1 fully saturated rings. The van der Waals surface area contributed by atoms with Crippen LogP contribution in [0, 0.1) is 5.92 Å². The van der Waals surface area contributed by atoms with Gasteiger partial charge in [0.2, 0.25) is 0 Å². The molecule has 0 saturated heterocycles. The summed E-state index contributed by atoms with van der Waals surface area (Å²) in [5.74, 6) is 0.512. The third-order valence-corrected chi connectivity index (χ3v) is 5.42. The second kappa shape index (κ2) is 7.51. The van der Waals surface area contributed by atoms with Gasteiger partial charge in [0, 0.05) is 24.9 Å². The minimum atomic E-state index is -0.679. The normalized spacial score (nSPS) is 19.6. The van der Waals surface area contributed by atoms with Crippen LogP contribution in [-0.4, -0.2) is 36.9 Å². The Balaban J connectivity index is 1.67. The molecule has 146 valence electrons. The van der Waals surface area contributed by atoms with Crippen LogP contribution in [0.25, 0.3) is 10.9 Å². The Morgan fingerprint density at radius 2 is 2.11 bits per heavy atom. The van der Waals surface area contributed by atoms with Gasteiger partial charge in [0.25, 0.3) is 5.91 Å². The monoisotopic (exact) mass is 380 g/mol. The molecule has 2 aromatic heterocycles. The number of nitrogens with one attached hydrogen (secondary N) is 1. The fraction of sp³-hybridized carbons (Fsp3) is 0.421. The molecule has 1 amide bonds. The first-order valence-corrected chi connectivity index (χ1v) is 9.49. The van der Waals surface area contributed by atoms with Gasteiger partial charge < -0.3 is 16.8 Å². The van der Waals surface area contributed by atoms with Crippen molar-refractivity contribution in [1.29, 1.82) is 0 Å². The van der Waals surface area contributed by atoms with E-state index < -0.39 is 5.91 Å². The van der Waals surface area contributed by atoms with Gasteiger partial charge in [-0.15, -0.1) is 10.2 Å². The number of nitrogens with zero attached hydrogens (tertiary/aromatic N) is 5. The van der Waals surface area contributed by atoms with E-state index in [1.165, 1.54) is 12.8 Å². The fourth-order valence-electron chi connectivity index (χ4n) is 3.84. The summed E-state index contributed by atoms with van der Waals surface area (Å²) in [7, 11) is 1.87. The zero-order chi connectivity index (χ0) is 19.7. The van der Waals surface area contributed by atoms with E-state index in [2.05, 4.69) is 25.6 Å². The third kappa shape index (κ3) is 3.53. The number of carbonyl (C=O) groups excluding carboxylic acids is 1. The Labute approximate surface area is 162 Å². The van der Waals surface area contributed by atoms with Crippen LogP contribution in [0.3, 0.4) is 0 Å². The Bertz CT molecular complexity index is 1010.